The molecule has 2 rings (SSSR count). The first-order valence-corrected chi connectivity index (χ1v) is 6.79. The molecule has 1 saturated carbocycles. The van der Waals surface area contributed by atoms with Gasteiger partial charge < -0.3 is 5.32 Å². The number of rotatable bonds is 4. The molecule has 0 aromatic heterocycles. The van der Waals surface area contributed by atoms with Gasteiger partial charge in [-0.1, -0.05) is 25.0 Å². The van der Waals surface area contributed by atoms with Crippen LogP contribution in [-0.4, -0.2) is 11.8 Å². The number of halogens is 1. The standard InChI is InChI=1S/C14H18ClNO/c15-10-9-14(17)16-13-7-5-12(6-8-13)11-3-1-2-4-11/h5-8,11H,1-4,9-10H2,(H,16,17). The van der Waals surface area contributed by atoms with Gasteiger partial charge in [0.25, 0.3) is 0 Å². The van der Waals surface area contributed by atoms with Crippen molar-refractivity contribution in [2.24, 2.45) is 0 Å². The number of nitrogens with one attached hydrogen (secondary N) is 1. The minimum atomic E-state index is -0.0198. The quantitative estimate of drug-likeness (QED) is 0.808. The summed E-state index contributed by atoms with van der Waals surface area (Å²) < 4.78 is 0. The van der Waals surface area contributed by atoms with Crippen molar-refractivity contribution in [2.75, 3.05) is 11.2 Å². The van der Waals surface area contributed by atoms with Crippen LogP contribution in [0.15, 0.2) is 24.3 Å². The first kappa shape index (κ1) is 12.4. The van der Waals surface area contributed by atoms with E-state index in [1.807, 2.05) is 12.1 Å². The van der Waals surface area contributed by atoms with Crippen molar-refractivity contribution in [1.82, 2.24) is 0 Å². The number of hydrogen-bond donors (Lipinski definition) is 1. The second-order valence-corrected chi connectivity index (χ2v) is 4.97. The lowest BCUT2D eigenvalue weighted by Gasteiger charge is -2.10. The Labute approximate surface area is 107 Å². The summed E-state index contributed by atoms with van der Waals surface area (Å²) in [5.74, 6) is 1.07. The Morgan fingerprint density at radius 1 is 1.24 bits per heavy atom. The van der Waals surface area contributed by atoms with Gasteiger partial charge in [-0.05, 0) is 36.5 Å². The van der Waals surface area contributed by atoms with Crippen LogP contribution in [0.4, 0.5) is 5.69 Å². The van der Waals surface area contributed by atoms with Crippen LogP contribution in [0.5, 0.6) is 0 Å². The van der Waals surface area contributed by atoms with Crippen molar-refractivity contribution < 1.29 is 4.79 Å². The van der Waals surface area contributed by atoms with E-state index in [1.54, 1.807) is 0 Å². The van der Waals surface area contributed by atoms with Crippen molar-refractivity contribution in [3.63, 3.8) is 0 Å². The SMILES string of the molecule is O=C(CCCl)Nc1ccc(C2CCCC2)cc1. The highest BCUT2D eigenvalue weighted by Crippen LogP contribution is 2.34. The maximum Gasteiger partial charge on any atom is 0.225 e. The van der Waals surface area contributed by atoms with Crippen molar-refractivity contribution in [3.05, 3.63) is 29.8 Å². The average Bonchev–Trinajstić information content (AvgIpc) is 2.84. The van der Waals surface area contributed by atoms with Gasteiger partial charge in [-0.15, -0.1) is 11.6 Å². The van der Waals surface area contributed by atoms with E-state index in [2.05, 4.69) is 17.4 Å². The van der Waals surface area contributed by atoms with Crippen molar-refractivity contribution in [2.45, 2.75) is 38.0 Å². The Morgan fingerprint density at radius 3 is 2.47 bits per heavy atom. The number of carbonyl (C=O) groups excluding carboxylic acids is 1. The van der Waals surface area contributed by atoms with E-state index in [-0.39, 0.29) is 5.91 Å². The van der Waals surface area contributed by atoms with Crippen LogP contribution in [0.2, 0.25) is 0 Å². The van der Waals surface area contributed by atoms with Gasteiger partial charge in [0.05, 0.1) is 0 Å². The molecule has 2 nitrogen and oxygen atoms in total. The van der Waals surface area contributed by atoms with Crippen LogP contribution < -0.4 is 5.32 Å². The zero-order valence-electron chi connectivity index (χ0n) is 9.92. The number of amides is 1. The number of alkyl halides is 1. The second-order valence-electron chi connectivity index (χ2n) is 4.59. The van der Waals surface area contributed by atoms with Gasteiger partial charge in [0.1, 0.15) is 0 Å². The minimum Gasteiger partial charge on any atom is -0.326 e. The highest BCUT2D eigenvalue weighted by atomic mass is 35.5. The van der Waals surface area contributed by atoms with Gasteiger partial charge in [0.15, 0.2) is 0 Å². The summed E-state index contributed by atoms with van der Waals surface area (Å²) in [5.41, 5.74) is 2.26. The first-order valence-electron chi connectivity index (χ1n) is 6.25. The molecule has 0 heterocycles. The van der Waals surface area contributed by atoms with E-state index in [0.29, 0.717) is 12.3 Å². The average molecular weight is 252 g/mol. The fraction of sp³-hybridized carbons (Fsp3) is 0.500. The molecule has 1 N–H and O–H groups in total. The lowest BCUT2D eigenvalue weighted by molar-refractivity contribution is -0.115. The van der Waals surface area contributed by atoms with E-state index >= 15 is 0 Å². The Bertz CT molecular complexity index is 368. The molecule has 0 saturated heterocycles. The predicted octanol–water partition coefficient (Wildman–Crippen LogP) is 3.91. The fourth-order valence-electron chi connectivity index (χ4n) is 2.41. The molecule has 1 aliphatic carbocycles. The van der Waals surface area contributed by atoms with Gasteiger partial charge in [-0.2, -0.15) is 0 Å². The molecule has 1 fully saturated rings. The molecule has 1 amide bonds. The smallest absolute Gasteiger partial charge is 0.225 e. The largest absolute Gasteiger partial charge is 0.326 e. The lowest BCUT2D eigenvalue weighted by atomic mass is 9.98. The van der Waals surface area contributed by atoms with Crippen molar-refractivity contribution in [3.8, 4) is 0 Å². The normalized spacial score (nSPS) is 16.1. The summed E-state index contributed by atoms with van der Waals surface area (Å²) in [6.07, 6.45) is 5.67. The van der Waals surface area contributed by atoms with Crippen molar-refractivity contribution >= 4 is 23.2 Å². The third-order valence-corrected chi connectivity index (χ3v) is 3.53. The van der Waals surface area contributed by atoms with Gasteiger partial charge in [-0.3, -0.25) is 4.79 Å². The zero-order chi connectivity index (χ0) is 12.1. The van der Waals surface area contributed by atoms with E-state index in [9.17, 15) is 4.79 Å². The van der Waals surface area contributed by atoms with Crippen LogP contribution in [0.3, 0.4) is 0 Å². The minimum absolute atomic E-state index is 0.0198. The van der Waals surface area contributed by atoms with Gasteiger partial charge in [0, 0.05) is 18.0 Å². The third-order valence-electron chi connectivity index (χ3n) is 3.34. The van der Waals surface area contributed by atoms with Gasteiger partial charge in [0.2, 0.25) is 5.91 Å². The molecule has 3 heteroatoms. The molecule has 0 aliphatic heterocycles. The van der Waals surface area contributed by atoms with E-state index in [0.717, 1.165) is 11.6 Å². The van der Waals surface area contributed by atoms with Crippen LogP contribution in [0, 0.1) is 0 Å². The molecule has 0 radical (unpaired) electrons. The molecule has 0 spiro atoms. The number of anilines is 1. The summed E-state index contributed by atoms with van der Waals surface area (Å²) in [5, 5.41) is 2.84. The molecule has 1 aromatic rings. The lowest BCUT2D eigenvalue weighted by Crippen LogP contribution is -2.11. The maximum absolute atomic E-state index is 11.4. The molecule has 0 atom stereocenters. The van der Waals surface area contributed by atoms with E-state index in [1.165, 1.54) is 31.2 Å². The summed E-state index contributed by atoms with van der Waals surface area (Å²) in [4.78, 5) is 11.4. The highest BCUT2D eigenvalue weighted by Gasteiger charge is 2.16. The molecule has 1 aliphatic rings. The van der Waals surface area contributed by atoms with Crippen LogP contribution >= 0.6 is 11.6 Å². The van der Waals surface area contributed by atoms with E-state index < -0.39 is 0 Å². The summed E-state index contributed by atoms with van der Waals surface area (Å²) in [7, 11) is 0. The summed E-state index contributed by atoms with van der Waals surface area (Å²) in [6.45, 7) is 0. The molecular weight excluding hydrogens is 234 g/mol. The molecule has 1 aromatic carbocycles. The topological polar surface area (TPSA) is 29.1 Å². The molecule has 0 bridgehead atoms. The van der Waals surface area contributed by atoms with E-state index in [4.69, 9.17) is 11.6 Å². The molecule has 17 heavy (non-hydrogen) atoms. The van der Waals surface area contributed by atoms with Crippen LogP contribution in [0.25, 0.3) is 0 Å². The number of hydrogen-bond acceptors (Lipinski definition) is 1. The Morgan fingerprint density at radius 2 is 1.88 bits per heavy atom. The maximum atomic E-state index is 11.4. The van der Waals surface area contributed by atoms with Gasteiger partial charge >= 0.3 is 0 Å². The summed E-state index contributed by atoms with van der Waals surface area (Å²) >= 11 is 5.51. The predicted molar refractivity (Wildman–Crippen MR) is 71.6 cm³/mol. The monoisotopic (exact) mass is 251 g/mol. The molecule has 92 valence electrons. The zero-order valence-corrected chi connectivity index (χ0v) is 10.7. The summed E-state index contributed by atoms with van der Waals surface area (Å²) in [6, 6.07) is 8.23. The third kappa shape index (κ3) is 3.47. The Kier molecular flexibility index (Phi) is 4.43. The second kappa shape index (κ2) is 6.06. The Hall–Kier alpha value is -1.02. The number of benzene rings is 1. The van der Waals surface area contributed by atoms with Crippen LogP contribution in [0.1, 0.15) is 43.6 Å². The van der Waals surface area contributed by atoms with Crippen LogP contribution in [-0.2, 0) is 4.79 Å². The van der Waals surface area contributed by atoms with Gasteiger partial charge in [-0.25, -0.2) is 0 Å². The van der Waals surface area contributed by atoms with Crippen molar-refractivity contribution in [1.29, 1.82) is 0 Å². The molecule has 0 unspecified atom stereocenters. The number of carbonyl (C=O) groups is 1. The molecular formula is C14H18ClNO. The first-order chi connectivity index (χ1) is 8.29. The highest BCUT2D eigenvalue weighted by molar-refractivity contribution is 6.19. The fourth-order valence-corrected chi connectivity index (χ4v) is 2.58. The Balaban J connectivity index is 1.95.